The van der Waals surface area contributed by atoms with Crippen LogP contribution in [0.25, 0.3) is 0 Å². The van der Waals surface area contributed by atoms with E-state index in [0.29, 0.717) is 18.8 Å². The normalized spacial score (nSPS) is 10.3. The van der Waals surface area contributed by atoms with Crippen molar-refractivity contribution in [3.63, 3.8) is 0 Å². The van der Waals surface area contributed by atoms with Gasteiger partial charge in [0.2, 0.25) is 0 Å². The molecule has 2 aromatic heterocycles. The van der Waals surface area contributed by atoms with Crippen molar-refractivity contribution in [2.45, 2.75) is 19.5 Å². The first kappa shape index (κ1) is 15.1. The van der Waals surface area contributed by atoms with Crippen LogP contribution >= 0.6 is 11.3 Å². The third kappa shape index (κ3) is 4.96. The molecule has 0 aliphatic carbocycles. The van der Waals surface area contributed by atoms with E-state index in [1.54, 1.807) is 34.6 Å². The van der Waals surface area contributed by atoms with Crippen molar-refractivity contribution in [3.8, 4) is 0 Å². The Balaban J connectivity index is 1.96. The molecule has 21 heavy (non-hydrogen) atoms. The fourth-order valence-corrected chi connectivity index (χ4v) is 2.49. The molecule has 0 aliphatic heterocycles. The third-order valence-corrected chi connectivity index (χ3v) is 3.62. The van der Waals surface area contributed by atoms with Gasteiger partial charge in [0, 0.05) is 11.4 Å². The third-order valence-electron chi connectivity index (χ3n) is 2.76. The van der Waals surface area contributed by atoms with Crippen LogP contribution in [0.3, 0.4) is 0 Å². The van der Waals surface area contributed by atoms with E-state index in [-0.39, 0.29) is 19.0 Å². The molecule has 2 rings (SSSR count). The highest BCUT2D eigenvalue weighted by Crippen LogP contribution is 2.14. The Bertz CT molecular complexity index is 530. The predicted molar refractivity (Wildman–Crippen MR) is 77.9 cm³/mol. The predicted octanol–water partition coefficient (Wildman–Crippen LogP) is 2.53. The van der Waals surface area contributed by atoms with Gasteiger partial charge in [0.25, 0.3) is 0 Å². The summed E-state index contributed by atoms with van der Waals surface area (Å²) in [6.07, 6.45) is 1.46. The number of carbonyl (C=O) groups excluding carboxylic acids is 1. The quantitative estimate of drug-likeness (QED) is 0.823. The number of hydrogen-bond acceptors (Lipinski definition) is 4. The minimum atomic E-state index is -0.939. The van der Waals surface area contributed by atoms with Crippen LogP contribution in [0, 0.1) is 0 Å². The van der Waals surface area contributed by atoms with Crippen molar-refractivity contribution < 1.29 is 19.1 Å². The van der Waals surface area contributed by atoms with E-state index >= 15 is 0 Å². The van der Waals surface area contributed by atoms with Crippen LogP contribution in [0.2, 0.25) is 0 Å². The van der Waals surface area contributed by atoms with Crippen LogP contribution in [0.1, 0.15) is 17.1 Å². The van der Waals surface area contributed by atoms with Crippen molar-refractivity contribution in [2.75, 3.05) is 6.54 Å². The van der Waals surface area contributed by atoms with Gasteiger partial charge in [-0.25, -0.2) is 4.79 Å². The number of hydrogen-bond donors (Lipinski definition) is 2. The molecule has 0 fully saturated rings. The molecule has 7 heteroatoms. The maximum absolute atomic E-state index is 12.2. The number of furan rings is 1. The van der Waals surface area contributed by atoms with E-state index < -0.39 is 5.97 Å². The van der Waals surface area contributed by atoms with Crippen LogP contribution in [0.5, 0.6) is 0 Å². The van der Waals surface area contributed by atoms with Gasteiger partial charge in [-0.1, -0.05) is 6.07 Å². The van der Waals surface area contributed by atoms with Gasteiger partial charge in [0.15, 0.2) is 0 Å². The highest BCUT2D eigenvalue weighted by molar-refractivity contribution is 7.09. The summed E-state index contributed by atoms with van der Waals surface area (Å²) < 4.78 is 5.26. The molecule has 0 aromatic carbocycles. The van der Waals surface area contributed by atoms with Crippen molar-refractivity contribution >= 4 is 23.3 Å². The topological polar surface area (TPSA) is 82.8 Å². The van der Waals surface area contributed by atoms with E-state index in [0.717, 1.165) is 4.88 Å². The van der Waals surface area contributed by atoms with E-state index in [4.69, 9.17) is 9.52 Å². The number of thiophene rings is 1. The smallest absolute Gasteiger partial charge is 0.318 e. The molecule has 0 aliphatic rings. The van der Waals surface area contributed by atoms with Crippen molar-refractivity contribution in [2.24, 2.45) is 0 Å². The molecular formula is C14H16N2O4S. The number of aliphatic carboxylic acids is 1. The molecule has 6 nitrogen and oxygen atoms in total. The van der Waals surface area contributed by atoms with Gasteiger partial charge in [0.1, 0.15) is 5.76 Å². The lowest BCUT2D eigenvalue weighted by atomic mass is 10.3. The zero-order valence-corrected chi connectivity index (χ0v) is 12.1. The zero-order valence-electron chi connectivity index (χ0n) is 11.3. The number of nitrogens with zero attached hydrogens (tertiary/aromatic N) is 1. The second-order valence-electron chi connectivity index (χ2n) is 4.39. The van der Waals surface area contributed by atoms with Crippen LogP contribution in [0.4, 0.5) is 4.79 Å². The number of carboxylic acid groups (broad SMARTS) is 1. The van der Waals surface area contributed by atoms with Crippen LogP contribution < -0.4 is 5.32 Å². The van der Waals surface area contributed by atoms with Crippen molar-refractivity contribution in [1.82, 2.24) is 10.2 Å². The molecular weight excluding hydrogens is 292 g/mol. The summed E-state index contributed by atoms with van der Waals surface area (Å²) in [6.45, 7) is 0.897. The van der Waals surface area contributed by atoms with Crippen LogP contribution in [0.15, 0.2) is 40.3 Å². The Hall–Kier alpha value is -2.28. The lowest BCUT2D eigenvalue weighted by Gasteiger charge is -2.21. The zero-order chi connectivity index (χ0) is 15.1. The molecule has 2 aromatic rings. The molecule has 112 valence electrons. The number of rotatable bonds is 7. The number of nitrogens with one attached hydrogen (secondary N) is 1. The van der Waals surface area contributed by atoms with Crippen LogP contribution in [-0.2, 0) is 17.9 Å². The average Bonchev–Trinajstić information content (AvgIpc) is 3.10. The molecule has 2 heterocycles. The molecule has 0 unspecified atom stereocenters. The minimum absolute atomic E-state index is 0.0979. The lowest BCUT2D eigenvalue weighted by Crippen LogP contribution is -2.39. The first-order valence-electron chi connectivity index (χ1n) is 6.44. The standard InChI is InChI=1S/C14H16N2O4S/c17-13(18)5-6-15-14(19)16(9-11-3-1-7-20-11)10-12-4-2-8-21-12/h1-4,7-8H,5-6,9-10H2,(H,15,19)(H,17,18). The molecule has 0 spiro atoms. The van der Waals surface area contributed by atoms with E-state index in [1.807, 2.05) is 17.5 Å². The fourth-order valence-electron chi connectivity index (χ4n) is 1.77. The largest absolute Gasteiger partial charge is 0.481 e. The fraction of sp³-hybridized carbons (Fsp3) is 0.286. The van der Waals surface area contributed by atoms with Crippen molar-refractivity contribution in [1.29, 1.82) is 0 Å². The highest BCUT2D eigenvalue weighted by atomic mass is 32.1. The Morgan fingerprint density at radius 2 is 2.14 bits per heavy atom. The van der Waals surface area contributed by atoms with E-state index in [1.165, 1.54) is 0 Å². The summed E-state index contributed by atoms with van der Waals surface area (Å²) in [7, 11) is 0. The number of carbonyl (C=O) groups is 2. The number of amides is 2. The van der Waals surface area contributed by atoms with Gasteiger partial charge < -0.3 is 19.7 Å². The SMILES string of the molecule is O=C(O)CCNC(=O)N(Cc1ccco1)Cc1cccs1. The van der Waals surface area contributed by atoms with E-state index in [2.05, 4.69) is 5.32 Å². The molecule has 0 radical (unpaired) electrons. The second kappa shape index (κ2) is 7.49. The highest BCUT2D eigenvalue weighted by Gasteiger charge is 2.16. The molecule has 2 amide bonds. The lowest BCUT2D eigenvalue weighted by molar-refractivity contribution is -0.136. The van der Waals surface area contributed by atoms with Gasteiger partial charge in [-0.2, -0.15) is 0 Å². The maximum atomic E-state index is 12.2. The summed E-state index contributed by atoms with van der Waals surface area (Å²) >= 11 is 1.56. The first-order valence-corrected chi connectivity index (χ1v) is 7.32. The summed E-state index contributed by atoms with van der Waals surface area (Å²) in [4.78, 5) is 25.3. The molecule has 0 saturated heterocycles. The summed E-state index contributed by atoms with van der Waals surface area (Å²) in [5, 5.41) is 13.2. The van der Waals surface area contributed by atoms with Gasteiger partial charge in [-0.15, -0.1) is 11.3 Å². The van der Waals surface area contributed by atoms with Gasteiger partial charge in [-0.3, -0.25) is 4.79 Å². The Morgan fingerprint density at radius 3 is 2.76 bits per heavy atom. The molecule has 0 saturated carbocycles. The summed E-state index contributed by atoms with van der Waals surface area (Å²) in [6, 6.07) is 7.13. The van der Waals surface area contributed by atoms with E-state index in [9.17, 15) is 9.59 Å². The number of carboxylic acids is 1. The Morgan fingerprint density at radius 1 is 1.29 bits per heavy atom. The van der Waals surface area contributed by atoms with Gasteiger partial charge >= 0.3 is 12.0 Å². The van der Waals surface area contributed by atoms with Crippen molar-refractivity contribution in [3.05, 3.63) is 46.5 Å². The Labute approximate surface area is 126 Å². The molecule has 0 atom stereocenters. The number of urea groups is 1. The first-order chi connectivity index (χ1) is 10.1. The molecule has 0 bridgehead atoms. The van der Waals surface area contributed by atoms with Crippen LogP contribution in [-0.4, -0.2) is 28.6 Å². The van der Waals surface area contributed by atoms with Gasteiger partial charge in [0.05, 0.1) is 25.8 Å². The second-order valence-corrected chi connectivity index (χ2v) is 5.42. The summed E-state index contributed by atoms with van der Waals surface area (Å²) in [5.74, 6) is -0.258. The monoisotopic (exact) mass is 308 g/mol. The van der Waals surface area contributed by atoms with Gasteiger partial charge in [-0.05, 0) is 23.6 Å². The molecule has 2 N–H and O–H groups in total. The maximum Gasteiger partial charge on any atom is 0.318 e. The Kier molecular flexibility index (Phi) is 5.39. The summed E-state index contributed by atoms with van der Waals surface area (Å²) in [5.41, 5.74) is 0. The minimum Gasteiger partial charge on any atom is -0.481 e. The average molecular weight is 308 g/mol.